The summed E-state index contributed by atoms with van der Waals surface area (Å²) in [5, 5.41) is 6.75. The minimum absolute atomic E-state index is 0.500. The van der Waals surface area contributed by atoms with Gasteiger partial charge in [-0.15, -0.1) is 0 Å². The third-order valence-corrected chi connectivity index (χ3v) is 5.87. The Balaban J connectivity index is 1.35. The molecule has 0 spiro atoms. The van der Waals surface area contributed by atoms with Crippen LogP contribution in [0.5, 0.6) is 17.2 Å². The zero-order valence-electron chi connectivity index (χ0n) is 18.5. The molecule has 0 amide bonds. The first-order valence-electron chi connectivity index (χ1n) is 10.5. The minimum Gasteiger partial charge on any atom is -0.493 e. The van der Waals surface area contributed by atoms with Gasteiger partial charge >= 0.3 is 0 Å². The van der Waals surface area contributed by atoms with Crippen molar-refractivity contribution < 1.29 is 14.2 Å². The molecule has 4 aromatic rings. The van der Waals surface area contributed by atoms with E-state index >= 15 is 0 Å². The predicted octanol–water partition coefficient (Wildman–Crippen LogP) is 6.32. The number of hydrazone groups is 1. The molecule has 0 atom stereocenters. The van der Waals surface area contributed by atoms with Crippen LogP contribution in [0.25, 0.3) is 10.8 Å². The van der Waals surface area contributed by atoms with Gasteiger partial charge in [-0.25, -0.2) is 0 Å². The fourth-order valence-electron chi connectivity index (χ4n) is 3.54. The molecule has 0 aliphatic carbocycles. The summed E-state index contributed by atoms with van der Waals surface area (Å²) < 4.78 is 17.6. The number of hydrogen-bond acceptors (Lipinski definition) is 5. The summed E-state index contributed by atoms with van der Waals surface area (Å²) in [6, 6.07) is 26.3. The van der Waals surface area contributed by atoms with Crippen LogP contribution in [0, 0.1) is 0 Å². The maximum Gasteiger partial charge on any atom is 0.161 e. The minimum atomic E-state index is 0.500. The van der Waals surface area contributed by atoms with Gasteiger partial charge in [0.15, 0.2) is 11.5 Å². The highest BCUT2D eigenvalue weighted by Crippen LogP contribution is 2.28. The Morgan fingerprint density at radius 3 is 2.45 bits per heavy atom. The van der Waals surface area contributed by atoms with Gasteiger partial charge in [-0.1, -0.05) is 48.5 Å². The molecule has 0 saturated carbocycles. The molecule has 5 nitrogen and oxygen atoms in total. The number of methoxy groups -OCH3 is 2. The van der Waals surface area contributed by atoms with Gasteiger partial charge < -0.3 is 19.6 Å². The Bertz CT molecular complexity index is 1270. The molecular weight excluding hydrogens is 480 g/mol. The Labute approximate surface area is 202 Å². The van der Waals surface area contributed by atoms with Gasteiger partial charge in [0.25, 0.3) is 0 Å². The first-order valence-corrected chi connectivity index (χ1v) is 11.3. The Kier molecular flexibility index (Phi) is 7.47. The van der Waals surface area contributed by atoms with Crippen LogP contribution in [0.15, 0.2) is 88.4 Å². The van der Waals surface area contributed by atoms with Crippen molar-refractivity contribution in [1.29, 1.82) is 0 Å². The zero-order chi connectivity index (χ0) is 23.0. The number of halogens is 1. The second-order valence-electron chi connectivity index (χ2n) is 7.40. The van der Waals surface area contributed by atoms with Gasteiger partial charge in [0.05, 0.1) is 31.5 Å². The number of rotatable bonds is 9. The molecule has 4 aromatic carbocycles. The normalized spacial score (nSPS) is 11.0. The number of nitrogens with one attached hydrogen (secondary N) is 1. The molecule has 0 bridgehead atoms. The summed E-state index contributed by atoms with van der Waals surface area (Å²) in [5.41, 5.74) is 6.22. The van der Waals surface area contributed by atoms with E-state index in [0.29, 0.717) is 24.7 Å². The van der Waals surface area contributed by atoms with E-state index in [1.165, 1.54) is 10.8 Å². The lowest BCUT2D eigenvalue weighted by atomic mass is 10.1. The van der Waals surface area contributed by atoms with Crippen molar-refractivity contribution in [2.75, 3.05) is 14.2 Å². The first-order chi connectivity index (χ1) is 16.2. The molecule has 0 aliphatic rings. The smallest absolute Gasteiger partial charge is 0.161 e. The molecule has 4 rings (SSSR count). The van der Waals surface area contributed by atoms with Crippen LogP contribution < -0.4 is 19.6 Å². The summed E-state index contributed by atoms with van der Waals surface area (Å²) in [6.07, 6.45) is 1.78. The Hall–Kier alpha value is -3.51. The fraction of sp³-hybridized carbons (Fsp3) is 0.148. The maximum atomic E-state index is 6.08. The molecule has 0 saturated heterocycles. The second kappa shape index (κ2) is 10.9. The van der Waals surface area contributed by atoms with Crippen LogP contribution in [-0.2, 0) is 13.2 Å². The molecule has 0 fully saturated rings. The summed E-state index contributed by atoms with van der Waals surface area (Å²) in [5.74, 6) is 2.19. The molecule has 6 heteroatoms. The molecule has 0 heterocycles. The van der Waals surface area contributed by atoms with Crippen molar-refractivity contribution in [3.05, 3.63) is 100 Å². The van der Waals surface area contributed by atoms with E-state index in [1.54, 1.807) is 20.4 Å². The van der Waals surface area contributed by atoms with Crippen LogP contribution in [0.2, 0.25) is 0 Å². The average molecular weight is 505 g/mol. The van der Waals surface area contributed by atoms with E-state index in [0.717, 1.165) is 26.9 Å². The summed E-state index contributed by atoms with van der Waals surface area (Å²) in [4.78, 5) is 0. The van der Waals surface area contributed by atoms with Crippen LogP contribution in [-0.4, -0.2) is 20.4 Å². The summed E-state index contributed by atoms with van der Waals surface area (Å²) >= 11 is 3.61. The lowest BCUT2D eigenvalue weighted by molar-refractivity contribution is 0.305. The van der Waals surface area contributed by atoms with Crippen molar-refractivity contribution in [2.24, 2.45) is 5.10 Å². The third-order valence-electron chi connectivity index (χ3n) is 5.26. The van der Waals surface area contributed by atoms with Gasteiger partial charge in [-0.05, 0) is 73.7 Å². The van der Waals surface area contributed by atoms with Gasteiger partial charge in [0.2, 0.25) is 0 Å². The SMILES string of the molecule is COc1ccc(CN/N=C/c2ccc(OCc3cccc4ccccc34)c(Br)c2)cc1OC. The van der Waals surface area contributed by atoms with Crippen molar-refractivity contribution in [1.82, 2.24) is 5.43 Å². The van der Waals surface area contributed by atoms with Crippen LogP contribution in [0.3, 0.4) is 0 Å². The molecule has 168 valence electrons. The average Bonchev–Trinajstić information content (AvgIpc) is 2.86. The third kappa shape index (κ3) is 5.65. The predicted molar refractivity (Wildman–Crippen MR) is 136 cm³/mol. The molecule has 0 aliphatic heterocycles. The second-order valence-corrected chi connectivity index (χ2v) is 8.25. The number of benzene rings is 4. The monoisotopic (exact) mass is 504 g/mol. The fourth-order valence-corrected chi connectivity index (χ4v) is 4.05. The largest absolute Gasteiger partial charge is 0.493 e. The van der Waals surface area contributed by atoms with E-state index in [4.69, 9.17) is 14.2 Å². The van der Waals surface area contributed by atoms with E-state index in [2.05, 4.69) is 62.9 Å². The molecule has 33 heavy (non-hydrogen) atoms. The van der Waals surface area contributed by atoms with E-state index < -0.39 is 0 Å². The maximum absolute atomic E-state index is 6.08. The molecule has 0 unspecified atom stereocenters. The van der Waals surface area contributed by atoms with Crippen molar-refractivity contribution in [3.63, 3.8) is 0 Å². The molecular formula is C27H25BrN2O3. The van der Waals surface area contributed by atoms with Gasteiger partial charge in [-0.2, -0.15) is 5.10 Å². The van der Waals surface area contributed by atoms with Crippen LogP contribution >= 0.6 is 15.9 Å². The lowest BCUT2D eigenvalue weighted by Gasteiger charge is -2.11. The van der Waals surface area contributed by atoms with Gasteiger partial charge in [0.1, 0.15) is 12.4 Å². The van der Waals surface area contributed by atoms with Gasteiger partial charge in [-0.3, -0.25) is 0 Å². The van der Waals surface area contributed by atoms with Crippen molar-refractivity contribution in [2.45, 2.75) is 13.2 Å². The highest BCUT2D eigenvalue weighted by molar-refractivity contribution is 9.10. The van der Waals surface area contributed by atoms with E-state index in [9.17, 15) is 0 Å². The Morgan fingerprint density at radius 2 is 1.64 bits per heavy atom. The van der Waals surface area contributed by atoms with Crippen LogP contribution in [0.1, 0.15) is 16.7 Å². The number of hydrogen-bond donors (Lipinski definition) is 1. The number of nitrogens with zero attached hydrogens (tertiary/aromatic N) is 1. The summed E-state index contributed by atoms with van der Waals surface area (Å²) in [7, 11) is 3.25. The first kappa shape index (κ1) is 22.7. The number of ether oxygens (including phenoxy) is 3. The van der Waals surface area contributed by atoms with E-state index in [-0.39, 0.29) is 0 Å². The topological polar surface area (TPSA) is 52.1 Å². The summed E-state index contributed by atoms with van der Waals surface area (Å²) in [6.45, 7) is 1.07. The van der Waals surface area contributed by atoms with E-state index in [1.807, 2.05) is 42.5 Å². The van der Waals surface area contributed by atoms with Crippen molar-refractivity contribution >= 4 is 32.9 Å². The van der Waals surface area contributed by atoms with Crippen molar-refractivity contribution in [3.8, 4) is 17.2 Å². The Morgan fingerprint density at radius 1 is 0.848 bits per heavy atom. The molecule has 0 radical (unpaired) electrons. The zero-order valence-corrected chi connectivity index (χ0v) is 20.1. The highest BCUT2D eigenvalue weighted by Gasteiger charge is 2.06. The van der Waals surface area contributed by atoms with Crippen LogP contribution in [0.4, 0.5) is 0 Å². The molecule has 1 N–H and O–H groups in total. The van der Waals surface area contributed by atoms with Gasteiger partial charge in [0, 0.05) is 0 Å². The quantitative estimate of drug-likeness (QED) is 0.214. The lowest BCUT2D eigenvalue weighted by Crippen LogP contribution is -2.06. The highest BCUT2D eigenvalue weighted by atomic mass is 79.9. The molecule has 0 aromatic heterocycles. The standard InChI is InChI=1S/C27H25BrN2O3/c1-31-26-13-11-20(15-27(26)32-2)17-30-29-16-19-10-12-25(24(28)14-19)33-18-22-8-5-7-21-6-3-4-9-23(21)22/h3-16,30H,17-18H2,1-2H3/b29-16+. The number of fused-ring (bicyclic) bond motifs is 1.